The summed E-state index contributed by atoms with van der Waals surface area (Å²) in [7, 11) is 2.07. The monoisotopic (exact) mass is 389 g/mol. The number of amides is 2. The summed E-state index contributed by atoms with van der Waals surface area (Å²) in [6.45, 7) is 3.91. The summed E-state index contributed by atoms with van der Waals surface area (Å²) in [5.41, 5.74) is 0.984. The molecule has 3 rings (SSSR count). The van der Waals surface area contributed by atoms with E-state index < -0.39 is 0 Å². The molecule has 26 heavy (non-hydrogen) atoms. The Balaban J connectivity index is 1.50. The van der Waals surface area contributed by atoms with E-state index >= 15 is 0 Å². The third kappa shape index (κ3) is 4.72. The fourth-order valence-electron chi connectivity index (χ4n) is 3.00. The van der Waals surface area contributed by atoms with E-state index in [2.05, 4.69) is 11.9 Å². The van der Waals surface area contributed by atoms with Crippen LogP contribution in [0.15, 0.2) is 35.2 Å². The standard InChI is InChI=1S/C19H23N3O2S2/c1-20-10-12-21(13-11-20)17(23)8-5-9-22-18(24)16(26-19(22)25)14-15-6-3-2-4-7-15/h2-4,6-7,14H,5,8-13H2,1H3. The van der Waals surface area contributed by atoms with Crippen LogP contribution in [0, 0.1) is 0 Å². The van der Waals surface area contributed by atoms with E-state index in [4.69, 9.17) is 12.2 Å². The molecule has 0 radical (unpaired) electrons. The summed E-state index contributed by atoms with van der Waals surface area (Å²) in [6, 6.07) is 9.75. The molecule has 0 atom stereocenters. The van der Waals surface area contributed by atoms with Crippen molar-refractivity contribution in [3.63, 3.8) is 0 Å². The molecule has 2 saturated heterocycles. The van der Waals surface area contributed by atoms with Crippen LogP contribution in [0.3, 0.4) is 0 Å². The highest BCUT2D eigenvalue weighted by Crippen LogP contribution is 2.32. The van der Waals surface area contributed by atoms with Crippen LogP contribution >= 0.6 is 24.0 Å². The summed E-state index contributed by atoms with van der Waals surface area (Å²) < 4.78 is 0.573. The third-order valence-corrected chi connectivity index (χ3v) is 5.98. The molecule has 0 bridgehead atoms. The Morgan fingerprint density at radius 3 is 2.58 bits per heavy atom. The van der Waals surface area contributed by atoms with Gasteiger partial charge in [-0.3, -0.25) is 14.5 Å². The van der Waals surface area contributed by atoms with Gasteiger partial charge in [0.05, 0.1) is 4.91 Å². The predicted molar refractivity (Wildman–Crippen MR) is 110 cm³/mol. The average molecular weight is 390 g/mol. The number of likely N-dealkylation sites (N-methyl/N-ethyl adjacent to an activating group) is 1. The molecular formula is C19H23N3O2S2. The highest BCUT2D eigenvalue weighted by Gasteiger charge is 2.31. The molecule has 1 aromatic rings. The van der Waals surface area contributed by atoms with Crippen molar-refractivity contribution in [1.82, 2.24) is 14.7 Å². The number of nitrogens with zero attached hydrogens (tertiary/aromatic N) is 3. The zero-order chi connectivity index (χ0) is 18.5. The molecule has 2 fully saturated rings. The van der Waals surface area contributed by atoms with E-state index in [0.717, 1.165) is 31.7 Å². The molecular weight excluding hydrogens is 366 g/mol. The quantitative estimate of drug-likeness (QED) is 0.572. The highest BCUT2D eigenvalue weighted by molar-refractivity contribution is 8.26. The molecule has 7 heteroatoms. The Morgan fingerprint density at radius 1 is 1.19 bits per heavy atom. The van der Waals surface area contributed by atoms with E-state index in [1.165, 1.54) is 11.8 Å². The summed E-state index contributed by atoms with van der Waals surface area (Å²) >= 11 is 6.69. The number of hydrogen-bond donors (Lipinski definition) is 0. The van der Waals surface area contributed by atoms with Crippen molar-refractivity contribution in [3.05, 3.63) is 40.8 Å². The Morgan fingerprint density at radius 2 is 1.88 bits per heavy atom. The second kappa shape index (κ2) is 8.79. The zero-order valence-corrected chi connectivity index (χ0v) is 16.5. The largest absolute Gasteiger partial charge is 0.340 e. The van der Waals surface area contributed by atoms with Gasteiger partial charge in [0, 0.05) is 39.1 Å². The van der Waals surface area contributed by atoms with Crippen LogP contribution in [0.1, 0.15) is 18.4 Å². The molecule has 2 aliphatic rings. The van der Waals surface area contributed by atoms with Gasteiger partial charge < -0.3 is 9.80 Å². The van der Waals surface area contributed by atoms with Crippen LogP contribution in [0.25, 0.3) is 6.08 Å². The van der Waals surface area contributed by atoms with Crippen molar-refractivity contribution in [2.24, 2.45) is 0 Å². The van der Waals surface area contributed by atoms with Gasteiger partial charge in [0.1, 0.15) is 4.32 Å². The number of carbonyl (C=O) groups excluding carboxylic acids is 2. The van der Waals surface area contributed by atoms with Crippen LogP contribution in [-0.4, -0.2) is 70.6 Å². The van der Waals surface area contributed by atoms with Gasteiger partial charge in [-0.05, 0) is 25.1 Å². The van der Waals surface area contributed by atoms with Crippen LogP contribution in [0.2, 0.25) is 0 Å². The van der Waals surface area contributed by atoms with Gasteiger partial charge in [0.25, 0.3) is 5.91 Å². The fraction of sp³-hybridized carbons (Fsp3) is 0.421. The number of piperazine rings is 1. The highest BCUT2D eigenvalue weighted by atomic mass is 32.2. The number of hydrogen-bond acceptors (Lipinski definition) is 5. The summed E-state index contributed by atoms with van der Waals surface area (Å²) in [6.07, 6.45) is 2.96. The Hall–Kier alpha value is -1.70. The van der Waals surface area contributed by atoms with Gasteiger partial charge in [-0.2, -0.15) is 0 Å². The van der Waals surface area contributed by atoms with Crippen molar-refractivity contribution in [3.8, 4) is 0 Å². The van der Waals surface area contributed by atoms with Gasteiger partial charge in [-0.15, -0.1) is 0 Å². The first-order valence-corrected chi connectivity index (χ1v) is 10.0. The minimum Gasteiger partial charge on any atom is -0.340 e. The summed E-state index contributed by atoms with van der Waals surface area (Å²) in [5.74, 6) is 0.110. The van der Waals surface area contributed by atoms with Crippen molar-refractivity contribution in [1.29, 1.82) is 0 Å². The lowest BCUT2D eigenvalue weighted by Gasteiger charge is -2.32. The Kier molecular flexibility index (Phi) is 6.45. The number of thiocarbonyl (C=S) groups is 1. The molecule has 0 aromatic heterocycles. The average Bonchev–Trinajstić information content (AvgIpc) is 2.90. The second-order valence-corrected chi connectivity index (χ2v) is 8.21. The molecule has 2 aliphatic heterocycles. The van der Waals surface area contributed by atoms with E-state index in [1.54, 1.807) is 4.90 Å². The van der Waals surface area contributed by atoms with E-state index in [1.807, 2.05) is 41.3 Å². The van der Waals surface area contributed by atoms with Crippen molar-refractivity contribution in [2.45, 2.75) is 12.8 Å². The molecule has 2 heterocycles. The van der Waals surface area contributed by atoms with Gasteiger partial charge >= 0.3 is 0 Å². The lowest BCUT2D eigenvalue weighted by molar-refractivity contribution is -0.133. The molecule has 0 unspecified atom stereocenters. The van der Waals surface area contributed by atoms with E-state index in [9.17, 15) is 9.59 Å². The van der Waals surface area contributed by atoms with Crippen LogP contribution in [0.4, 0.5) is 0 Å². The first kappa shape index (κ1) is 19.1. The Labute approximate surface area is 164 Å². The first-order valence-electron chi connectivity index (χ1n) is 8.81. The minimum atomic E-state index is -0.0594. The van der Waals surface area contributed by atoms with Crippen molar-refractivity contribution < 1.29 is 9.59 Å². The van der Waals surface area contributed by atoms with Crippen LogP contribution in [-0.2, 0) is 9.59 Å². The molecule has 0 aliphatic carbocycles. The summed E-state index contributed by atoms with van der Waals surface area (Å²) in [5, 5.41) is 0. The van der Waals surface area contributed by atoms with Crippen LogP contribution < -0.4 is 0 Å². The van der Waals surface area contributed by atoms with Gasteiger partial charge in [0.15, 0.2) is 0 Å². The van der Waals surface area contributed by atoms with Crippen LogP contribution in [0.5, 0.6) is 0 Å². The number of rotatable bonds is 5. The molecule has 2 amide bonds. The maximum atomic E-state index is 12.6. The lowest BCUT2D eigenvalue weighted by atomic mass is 10.2. The normalized spacial score (nSPS) is 20.3. The zero-order valence-electron chi connectivity index (χ0n) is 14.9. The van der Waals surface area contributed by atoms with Crippen molar-refractivity contribution >= 4 is 46.2 Å². The fourth-order valence-corrected chi connectivity index (χ4v) is 4.30. The van der Waals surface area contributed by atoms with Crippen molar-refractivity contribution in [2.75, 3.05) is 39.8 Å². The molecule has 138 valence electrons. The van der Waals surface area contributed by atoms with E-state index in [-0.39, 0.29) is 11.8 Å². The SMILES string of the molecule is CN1CCN(C(=O)CCCN2C(=O)C(=Cc3ccccc3)SC2=S)CC1. The minimum absolute atomic E-state index is 0.0594. The number of thioether (sulfide) groups is 1. The third-order valence-electron chi connectivity index (χ3n) is 4.60. The maximum Gasteiger partial charge on any atom is 0.266 e. The second-order valence-electron chi connectivity index (χ2n) is 6.53. The molecule has 1 aromatic carbocycles. The predicted octanol–water partition coefficient (Wildman–Crippen LogP) is 2.44. The molecule has 0 spiro atoms. The maximum absolute atomic E-state index is 12.6. The smallest absolute Gasteiger partial charge is 0.266 e. The molecule has 0 saturated carbocycles. The van der Waals surface area contributed by atoms with E-state index in [0.29, 0.717) is 28.6 Å². The lowest BCUT2D eigenvalue weighted by Crippen LogP contribution is -2.47. The van der Waals surface area contributed by atoms with Gasteiger partial charge in [-0.25, -0.2) is 0 Å². The Bertz CT molecular complexity index is 713. The van der Waals surface area contributed by atoms with Gasteiger partial charge in [-0.1, -0.05) is 54.3 Å². The molecule has 5 nitrogen and oxygen atoms in total. The first-order chi connectivity index (χ1) is 12.5. The number of benzene rings is 1. The summed E-state index contributed by atoms with van der Waals surface area (Å²) in [4.78, 5) is 31.3. The van der Waals surface area contributed by atoms with Gasteiger partial charge in [0.2, 0.25) is 5.91 Å². The number of carbonyl (C=O) groups is 2. The molecule has 0 N–H and O–H groups in total. The topological polar surface area (TPSA) is 43.9 Å².